The predicted octanol–water partition coefficient (Wildman–Crippen LogP) is 3.31. The van der Waals surface area contributed by atoms with E-state index in [1.54, 1.807) is 36.8 Å². The van der Waals surface area contributed by atoms with Crippen molar-refractivity contribution in [1.82, 2.24) is 15.3 Å². The second kappa shape index (κ2) is 6.95. The average molecular weight is 332 g/mol. The third-order valence-corrected chi connectivity index (χ3v) is 5.12. The van der Waals surface area contributed by atoms with E-state index in [-0.39, 0.29) is 12.1 Å². The summed E-state index contributed by atoms with van der Waals surface area (Å²) in [6.07, 6.45) is 6.18. The van der Waals surface area contributed by atoms with Gasteiger partial charge in [-0.05, 0) is 38.7 Å². The first-order chi connectivity index (χ1) is 11.2. The number of carbonyl (C=O) groups is 1. The molecule has 3 rings (SSSR count). The summed E-state index contributed by atoms with van der Waals surface area (Å²) >= 11 is 1.71. The number of nitrogens with one attached hydrogen (secondary N) is 2. The van der Waals surface area contributed by atoms with E-state index in [1.807, 2.05) is 6.92 Å². The van der Waals surface area contributed by atoms with E-state index >= 15 is 0 Å². The Morgan fingerprint density at radius 2 is 2.17 bits per heavy atom. The van der Waals surface area contributed by atoms with Crippen molar-refractivity contribution in [3.05, 3.63) is 33.9 Å². The molecule has 0 unspecified atom stereocenters. The molecule has 23 heavy (non-hydrogen) atoms. The van der Waals surface area contributed by atoms with Gasteiger partial charge in [0.05, 0.1) is 30.7 Å². The van der Waals surface area contributed by atoms with Crippen LogP contribution < -0.4 is 15.4 Å². The van der Waals surface area contributed by atoms with Gasteiger partial charge in [0.2, 0.25) is 5.88 Å². The zero-order valence-electron chi connectivity index (χ0n) is 13.3. The third kappa shape index (κ3) is 3.79. The van der Waals surface area contributed by atoms with Gasteiger partial charge in [-0.3, -0.25) is 0 Å². The zero-order chi connectivity index (χ0) is 16.2. The Kier molecular flexibility index (Phi) is 4.76. The van der Waals surface area contributed by atoms with Gasteiger partial charge in [-0.25, -0.2) is 14.8 Å². The third-order valence-electron chi connectivity index (χ3n) is 3.78. The van der Waals surface area contributed by atoms with Crippen molar-refractivity contribution < 1.29 is 9.53 Å². The van der Waals surface area contributed by atoms with Crippen LogP contribution >= 0.6 is 11.3 Å². The molecule has 1 aliphatic carbocycles. The highest BCUT2D eigenvalue weighted by Crippen LogP contribution is 2.29. The molecule has 0 saturated carbocycles. The second-order valence-corrected chi connectivity index (χ2v) is 6.65. The zero-order valence-corrected chi connectivity index (χ0v) is 14.1. The molecule has 0 aromatic carbocycles. The first-order valence-corrected chi connectivity index (χ1v) is 8.53. The molecule has 0 radical (unpaired) electrons. The topological polar surface area (TPSA) is 76.1 Å². The van der Waals surface area contributed by atoms with Crippen LogP contribution in [0.4, 0.5) is 10.5 Å². The lowest BCUT2D eigenvalue weighted by molar-refractivity contribution is 0.249. The summed E-state index contributed by atoms with van der Waals surface area (Å²) in [7, 11) is 1.55. The van der Waals surface area contributed by atoms with Gasteiger partial charge in [0.15, 0.2) is 0 Å². The highest BCUT2D eigenvalue weighted by Gasteiger charge is 2.19. The minimum atomic E-state index is -0.266. The van der Waals surface area contributed by atoms with Crippen molar-refractivity contribution in [3.8, 4) is 5.88 Å². The number of ether oxygens (including phenoxy) is 1. The lowest BCUT2D eigenvalue weighted by atomic mass is 10.0. The van der Waals surface area contributed by atoms with Gasteiger partial charge < -0.3 is 15.4 Å². The molecule has 0 fully saturated rings. The highest BCUT2D eigenvalue weighted by molar-refractivity contribution is 7.11. The summed E-state index contributed by atoms with van der Waals surface area (Å²) in [5.41, 5.74) is 1.83. The number of rotatable bonds is 4. The number of thiazole rings is 1. The Morgan fingerprint density at radius 1 is 1.35 bits per heavy atom. The normalized spacial score (nSPS) is 14.7. The molecular formula is C16H20N4O2S. The van der Waals surface area contributed by atoms with Crippen LogP contribution in [0.2, 0.25) is 0 Å². The van der Waals surface area contributed by atoms with E-state index in [9.17, 15) is 4.79 Å². The molecule has 2 amide bonds. The summed E-state index contributed by atoms with van der Waals surface area (Å²) in [5, 5.41) is 6.66. The fourth-order valence-electron chi connectivity index (χ4n) is 2.56. The molecule has 2 aromatic rings. The molecule has 2 N–H and O–H groups in total. The molecule has 0 saturated heterocycles. The Labute approximate surface area is 139 Å². The number of anilines is 1. The quantitative estimate of drug-likeness (QED) is 0.900. The van der Waals surface area contributed by atoms with E-state index < -0.39 is 0 Å². The Hall–Kier alpha value is -2.15. The number of pyridine rings is 1. The van der Waals surface area contributed by atoms with Crippen LogP contribution in [0.5, 0.6) is 5.88 Å². The molecule has 1 aliphatic rings. The number of hydrogen-bond donors (Lipinski definition) is 2. The first-order valence-electron chi connectivity index (χ1n) is 7.71. The number of urea groups is 1. The van der Waals surface area contributed by atoms with Crippen molar-refractivity contribution in [2.45, 2.75) is 38.6 Å². The van der Waals surface area contributed by atoms with Gasteiger partial charge in [-0.1, -0.05) is 0 Å². The summed E-state index contributed by atoms with van der Waals surface area (Å²) in [4.78, 5) is 22.2. The molecule has 0 spiro atoms. The fourth-order valence-corrected chi connectivity index (χ4v) is 3.71. The SMILES string of the molecule is COc1ccc(NC(=O)N[C@@H](C)c2nc3c(s2)CCCC3)cn1. The number of aromatic nitrogens is 2. The molecule has 0 bridgehead atoms. The predicted molar refractivity (Wildman–Crippen MR) is 90.1 cm³/mol. The van der Waals surface area contributed by atoms with Gasteiger partial charge >= 0.3 is 6.03 Å². The van der Waals surface area contributed by atoms with Crippen LogP contribution in [-0.4, -0.2) is 23.1 Å². The van der Waals surface area contributed by atoms with E-state index in [0.29, 0.717) is 11.6 Å². The van der Waals surface area contributed by atoms with Gasteiger partial charge in [-0.15, -0.1) is 11.3 Å². The van der Waals surface area contributed by atoms with Crippen LogP contribution in [0.3, 0.4) is 0 Å². The van der Waals surface area contributed by atoms with Crippen molar-refractivity contribution in [1.29, 1.82) is 0 Å². The minimum Gasteiger partial charge on any atom is -0.481 e. The number of hydrogen-bond acceptors (Lipinski definition) is 5. The number of fused-ring (bicyclic) bond motifs is 1. The number of aryl methyl sites for hydroxylation is 2. The Balaban J connectivity index is 1.59. The van der Waals surface area contributed by atoms with Crippen LogP contribution in [-0.2, 0) is 12.8 Å². The molecule has 7 heteroatoms. The first kappa shape index (κ1) is 15.7. The molecule has 0 aliphatic heterocycles. The number of carbonyl (C=O) groups excluding carboxylic acids is 1. The number of methoxy groups -OCH3 is 1. The highest BCUT2D eigenvalue weighted by atomic mass is 32.1. The van der Waals surface area contributed by atoms with Crippen molar-refractivity contribution in [3.63, 3.8) is 0 Å². The van der Waals surface area contributed by atoms with Gasteiger partial charge in [-0.2, -0.15) is 0 Å². The van der Waals surface area contributed by atoms with Crippen LogP contribution in [0, 0.1) is 0 Å². The molecule has 1 atom stereocenters. The van der Waals surface area contributed by atoms with Gasteiger partial charge in [0.1, 0.15) is 5.01 Å². The van der Waals surface area contributed by atoms with E-state index in [4.69, 9.17) is 4.74 Å². The molecular weight excluding hydrogens is 312 g/mol. The standard InChI is InChI=1S/C16H20N4O2S/c1-10(15-20-12-5-3-4-6-13(12)23-15)18-16(21)19-11-7-8-14(22-2)17-9-11/h7-10H,3-6H2,1-2H3,(H2,18,19,21)/t10-/m0/s1. The van der Waals surface area contributed by atoms with Gasteiger partial charge in [0, 0.05) is 10.9 Å². The maximum atomic E-state index is 12.1. The smallest absolute Gasteiger partial charge is 0.319 e. The average Bonchev–Trinajstić information content (AvgIpc) is 2.99. The van der Waals surface area contributed by atoms with Crippen molar-refractivity contribution in [2.75, 3.05) is 12.4 Å². The lowest BCUT2D eigenvalue weighted by Crippen LogP contribution is -2.31. The second-order valence-electron chi connectivity index (χ2n) is 5.54. The fraction of sp³-hybridized carbons (Fsp3) is 0.438. The van der Waals surface area contributed by atoms with E-state index in [2.05, 4.69) is 20.6 Å². The number of amides is 2. The Bertz CT molecular complexity index is 660. The van der Waals surface area contributed by atoms with Crippen molar-refractivity contribution in [2.24, 2.45) is 0 Å². The van der Waals surface area contributed by atoms with E-state index in [1.165, 1.54) is 23.4 Å². The minimum absolute atomic E-state index is 0.114. The largest absolute Gasteiger partial charge is 0.481 e. The van der Waals surface area contributed by atoms with Crippen LogP contribution in [0.1, 0.15) is 41.4 Å². The number of nitrogens with zero attached hydrogens (tertiary/aromatic N) is 2. The summed E-state index contributed by atoms with van der Waals surface area (Å²) in [6, 6.07) is 3.07. The maximum Gasteiger partial charge on any atom is 0.319 e. The molecule has 6 nitrogen and oxygen atoms in total. The summed E-state index contributed by atoms with van der Waals surface area (Å²) in [5.74, 6) is 0.512. The van der Waals surface area contributed by atoms with Crippen LogP contribution in [0.25, 0.3) is 0 Å². The maximum absolute atomic E-state index is 12.1. The molecule has 2 aromatic heterocycles. The Morgan fingerprint density at radius 3 is 2.87 bits per heavy atom. The summed E-state index contributed by atoms with van der Waals surface area (Å²) < 4.78 is 4.99. The lowest BCUT2D eigenvalue weighted by Gasteiger charge is -2.12. The van der Waals surface area contributed by atoms with Gasteiger partial charge in [0.25, 0.3) is 0 Å². The monoisotopic (exact) mass is 332 g/mol. The summed E-state index contributed by atoms with van der Waals surface area (Å²) in [6.45, 7) is 1.95. The van der Waals surface area contributed by atoms with Crippen molar-refractivity contribution >= 4 is 23.1 Å². The van der Waals surface area contributed by atoms with E-state index in [0.717, 1.165) is 17.8 Å². The molecule has 2 heterocycles. The molecule has 122 valence electrons. The van der Waals surface area contributed by atoms with Crippen LogP contribution in [0.15, 0.2) is 18.3 Å².